The summed E-state index contributed by atoms with van der Waals surface area (Å²) >= 11 is 6.26. The van der Waals surface area contributed by atoms with Gasteiger partial charge >= 0.3 is 0 Å². The largest absolute Gasteiger partial charge is 0.352 e. The highest BCUT2D eigenvalue weighted by molar-refractivity contribution is 7.92. The lowest BCUT2D eigenvalue weighted by molar-refractivity contribution is -0.140. The van der Waals surface area contributed by atoms with E-state index in [4.69, 9.17) is 11.6 Å². The van der Waals surface area contributed by atoms with Gasteiger partial charge in [-0.3, -0.25) is 13.9 Å². The minimum absolute atomic E-state index is 0.114. The molecule has 37 heavy (non-hydrogen) atoms. The standard InChI is InChI=1S/C28H38ClN3O4S/c1-4-25(28(34)30-23-14-9-6-10-15-23)31(19-18-22-12-7-5-8-13-22)27(33)20-32(37(3,35)36)26-17-11-16-24(29)21(26)2/h5,7-8,11-13,16-17,23,25H,4,6,9-10,14-15,18-20H2,1-3H3,(H,30,34)/t25-/m0/s1. The highest BCUT2D eigenvalue weighted by Crippen LogP contribution is 2.28. The molecular formula is C28H38ClN3O4S. The van der Waals surface area contributed by atoms with Crippen LogP contribution in [0, 0.1) is 6.92 Å². The summed E-state index contributed by atoms with van der Waals surface area (Å²) in [6.07, 6.45) is 7.27. The number of nitrogens with one attached hydrogen (secondary N) is 1. The summed E-state index contributed by atoms with van der Waals surface area (Å²) in [6, 6.07) is 14.1. The van der Waals surface area contributed by atoms with E-state index in [0.717, 1.165) is 41.8 Å². The molecule has 0 saturated heterocycles. The van der Waals surface area contributed by atoms with Crippen LogP contribution < -0.4 is 9.62 Å². The summed E-state index contributed by atoms with van der Waals surface area (Å²) in [5, 5.41) is 3.57. The highest BCUT2D eigenvalue weighted by atomic mass is 35.5. The number of benzene rings is 2. The van der Waals surface area contributed by atoms with Crippen molar-refractivity contribution in [2.45, 2.75) is 70.9 Å². The molecule has 1 aliphatic carbocycles. The number of anilines is 1. The first-order valence-electron chi connectivity index (χ1n) is 13.0. The summed E-state index contributed by atoms with van der Waals surface area (Å²) in [5.74, 6) is -0.605. The number of halogens is 1. The minimum Gasteiger partial charge on any atom is -0.352 e. The predicted molar refractivity (Wildman–Crippen MR) is 149 cm³/mol. The second-order valence-electron chi connectivity index (χ2n) is 9.74. The smallest absolute Gasteiger partial charge is 0.244 e. The lowest BCUT2D eigenvalue weighted by Crippen LogP contribution is -2.54. The van der Waals surface area contributed by atoms with Crippen LogP contribution in [0.5, 0.6) is 0 Å². The third-order valence-corrected chi connectivity index (χ3v) is 8.54. The molecule has 1 N–H and O–H groups in total. The number of carbonyl (C=O) groups is 2. The van der Waals surface area contributed by atoms with E-state index in [2.05, 4.69) is 5.32 Å². The summed E-state index contributed by atoms with van der Waals surface area (Å²) in [6.45, 7) is 3.48. The number of nitrogens with zero attached hydrogens (tertiary/aromatic N) is 2. The van der Waals surface area contributed by atoms with Gasteiger partial charge in [0.1, 0.15) is 12.6 Å². The zero-order chi connectivity index (χ0) is 27.0. The van der Waals surface area contributed by atoms with E-state index in [1.54, 1.807) is 30.0 Å². The van der Waals surface area contributed by atoms with Gasteiger partial charge in [-0.15, -0.1) is 0 Å². The van der Waals surface area contributed by atoms with E-state index < -0.39 is 28.5 Å². The SMILES string of the molecule is CC[C@@H](C(=O)NC1CCCCC1)N(CCc1ccccc1)C(=O)CN(c1cccc(Cl)c1C)S(C)(=O)=O. The molecule has 0 aromatic heterocycles. The van der Waals surface area contributed by atoms with Crippen LogP contribution in [0.25, 0.3) is 0 Å². The molecular weight excluding hydrogens is 510 g/mol. The third kappa shape index (κ3) is 7.95. The van der Waals surface area contributed by atoms with Crippen molar-refractivity contribution in [2.75, 3.05) is 23.7 Å². The Hall–Kier alpha value is -2.58. The first-order valence-corrected chi connectivity index (χ1v) is 15.2. The maximum atomic E-state index is 13.8. The van der Waals surface area contributed by atoms with Crippen LogP contribution >= 0.6 is 11.6 Å². The molecule has 1 aliphatic rings. The van der Waals surface area contributed by atoms with Gasteiger partial charge in [0.25, 0.3) is 0 Å². The van der Waals surface area contributed by atoms with Gasteiger partial charge in [-0.25, -0.2) is 8.42 Å². The first kappa shape index (κ1) is 29.0. The van der Waals surface area contributed by atoms with Crippen molar-refractivity contribution >= 4 is 39.1 Å². The molecule has 2 aromatic rings. The van der Waals surface area contributed by atoms with Gasteiger partial charge < -0.3 is 10.2 Å². The van der Waals surface area contributed by atoms with E-state index in [1.165, 1.54) is 6.42 Å². The van der Waals surface area contributed by atoms with Crippen molar-refractivity contribution in [1.82, 2.24) is 10.2 Å². The molecule has 1 fully saturated rings. The van der Waals surface area contributed by atoms with Gasteiger partial charge in [-0.1, -0.05) is 74.2 Å². The van der Waals surface area contributed by atoms with Gasteiger partial charge in [0.2, 0.25) is 21.8 Å². The Bertz CT molecular complexity index is 1170. The molecule has 0 spiro atoms. The molecule has 3 rings (SSSR count). The monoisotopic (exact) mass is 547 g/mol. The Morgan fingerprint density at radius 1 is 1.05 bits per heavy atom. The Morgan fingerprint density at radius 2 is 1.73 bits per heavy atom. The van der Waals surface area contributed by atoms with Gasteiger partial charge in [0, 0.05) is 17.6 Å². The van der Waals surface area contributed by atoms with Gasteiger partial charge in [-0.2, -0.15) is 0 Å². The lowest BCUT2D eigenvalue weighted by Gasteiger charge is -2.34. The van der Waals surface area contributed by atoms with Crippen molar-refractivity contribution in [3.05, 3.63) is 64.7 Å². The molecule has 0 heterocycles. The summed E-state index contributed by atoms with van der Waals surface area (Å²) in [4.78, 5) is 28.7. The number of hydrogen-bond donors (Lipinski definition) is 1. The van der Waals surface area contributed by atoms with E-state index in [9.17, 15) is 18.0 Å². The molecule has 1 saturated carbocycles. The number of sulfonamides is 1. The predicted octanol–water partition coefficient (Wildman–Crippen LogP) is 4.71. The van der Waals surface area contributed by atoms with Crippen LogP contribution in [0.2, 0.25) is 5.02 Å². The Kier molecular flexibility index (Phi) is 10.4. The van der Waals surface area contributed by atoms with Crippen LogP contribution in [0.1, 0.15) is 56.6 Å². The van der Waals surface area contributed by atoms with Gasteiger partial charge in [0.05, 0.1) is 11.9 Å². The van der Waals surface area contributed by atoms with E-state index in [0.29, 0.717) is 35.7 Å². The minimum atomic E-state index is -3.80. The zero-order valence-electron chi connectivity index (χ0n) is 22.0. The van der Waals surface area contributed by atoms with Crippen molar-refractivity contribution in [3.8, 4) is 0 Å². The number of hydrogen-bond acceptors (Lipinski definition) is 4. The lowest BCUT2D eigenvalue weighted by atomic mass is 9.95. The normalized spacial score (nSPS) is 15.1. The van der Waals surface area contributed by atoms with Gasteiger partial charge in [0.15, 0.2) is 0 Å². The quantitative estimate of drug-likeness (QED) is 0.441. The van der Waals surface area contributed by atoms with Crippen LogP contribution in [0.4, 0.5) is 5.69 Å². The van der Waals surface area contributed by atoms with Crippen LogP contribution in [-0.2, 0) is 26.0 Å². The molecule has 2 aromatic carbocycles. The van der Waals surface area contributed by atoms with Gasteiger partial charge in [-0.05, 0) is 55.9 Å². The second kappa shape index (κ2) is 13.3. The fourth-order valence-corrected chi connectivity index (χ4v) is 5.97. The number of rotatable bonds is 11. The second-order valence-corrected chi connectivity index (χ2v) is 12.1. The third-order valence-electron chi connectivity index (χ3n) is 7.01. The molecule has 0 unspecified atom stereocenters. The Morgan fingerprint density at radius 3 is 2.35 bits per heavy atom. The van der Waals surface area contributed by atoms with Crippen molar-refractivity contribution in [1.29, 1.82) is 0 Å². The fourth-order valence-electron chi connectivity index (χ4n) is 4.90. The van der Waals surface area contributed by atoms with Crippen molar-refractivity contribution in [3.63, 3.8) is 0 Å². The van der Waals surface area contributed by atoms with E-state index in [-0.39, 0.29) is 11.9 Å². The summed E-state index contributed by atoms with van der Waals surface area (Å²) in [5.41, 5.74) is 1.96. The van der Waals surface area contributed by atoms with Crippen molar-refractivity contribution in [2.24, 2.45) is 0 Å². The fraction of sp³-hybridized carbons (Fsp3) is 0.500. The van der Waals surface area contributed by atoms with Crippen molar-refractivity contribution < 1.29 is 18.0 Å². The highest BCUT2D eigenvalue weighted by Gasteiger charge is 2.33. The maximum Gasteiger partial charge on any atom is 0.244 e. The molecule has 2 amide bonds. The average molecular weight is 548 g/mol. The summed E-state index contributed by atoms with van der Waals surface area (Å²) in [7, 11) is -3.80. The topological polar surface area (TPSA) is 86.8 Å². The Balaban J connectivity index is 1.89. The molecule has 0 radical (unpaired) electrons. The molecule has 1 atom stereocenters. The average Bonchev–Trinajstić information content (AvgIpc) is 2.87. The molecule has 9 heteroatoms. The van der Waals surface area contributed by atoms with E-state index in [1.807, 2.05) is 37.3 Å². The first-order chi connectivity index (χ1) is 17.6. The zero-order valence-corrected chi connectivity index (χ0v) is 23.5. The summed E-state index contributed by atoms with van der Waals surface area (Å²) < 4.78 is 26.7. The Labute approximate surface area is 226 Å². The van der Waals surface area contributed by atoms with Crippen LogP contribution in [0.15, 0.2) is 48.5 Å². The maximum absolute atomic E-state index is 13.8. The molecule has 0 bridgehead atoms. The molecule has 7 nitrogen and oxygen atoms in total. The number of amides is 2. The molecule has 202 valence electrons. The molecule has 0 aliphatic heterocycles. The van der Waals surface area contributed by atoms with Crippen LogP contribution in [-0.4, -0.2) is 56.6 Å². The van der Waals surface area contributed by atoms with Crippen LogP contribution in [0.3, 0.4) is 0 Å². The van der Waals surface area contributed by atoms with E-state index >= 15 is 0 Å². The number of carbonyl (C=O) groups excluding carboxylic acids is 2.